The number of nitrogens with one attached hydrogen (secondary N) is 1. The highest BCUT2D eigenvalue weighted by Gasteiger charge is 2.26. The molecule has 0 unspecified atom stereocenters. The zero-order chi connectivity index (χ0) is 12.5. The Morgan fingerprint density at radius 3 is 2.53 bits per heavy atom. The van der Waals surface area contributed by atoms with Gasteiger partial charge in [-0.3, -0.25) is 4.84 Å². The molecular formula is C10H16N2O4S. The van der Waals surface area contributed by atoms with Gasteiger partial charge in [-0.15, -0.1) is 0 Å². The van der Waals surface area contributed by atoms with E-state index in [1.807, 2.05) is 0 Å². The van der Waals surface area contributed by atoms with Crippen molar-refractivity contribution in [3.8, 4) is 0 Å². The van der Waals surface area contributed by atoms with Crippen LogP contribution in [0.2, 0.25) is 0 Å². The fraction of sp³-hybridized carbons (Fsp3) is 0.700. The Morgan fingerprint density at radius 1 is 1.35 bits per heavy atom. The normalized spacial score (nSPS) is 17.8. The number of rotatable bonds is 4. The van der Waals surface area contributed by atoms with Crippen molar-refractivity contribution in [2.24, 2.45) is 0 Å². The third-order valence-corrected chi connectivity index (χ3v) is 4.30. The molecule has 1 heterocycles. The average Bonchev–Trinajstić information content (AvgIpc) is 2.86. The van der Waals surface area contributed by atoms with Gasteiger partial charge in [0.25, 0.3) is 10.0 Å². The van der Waals surface area contributed by atoms with Crippen LogP contribution in [0.3, 0.4) is 0 Å². The minimum absolute atomic E-state index is 0.0229. The van der Waals surface area contributed by atoms with Crippen molar-refractivity contribution in [3.63, 3.8) is 0 Å². The largest absolute Gasteiger partial charge is 0.360 e. The maximum absolute atomic E-state index is 12.0. The second kappa shape index (κ2) is 4.75. The lowest BCUT2D eigenvalue weighted by molar-refractivity contribution is 0.0223. The summed E-state index contributed by atoms with van der Waals surface area (Å²) in [7, 11) is -3.69. The second-order valence-electron chi connectivity index (χ2n) is 4.26. The smallest absolute Gasteiger partial charge is 0.267 e. The van der Waals surface area contributed by atoms with Gasteiger partial charge in [0.05, 0.1) is 6.10 Å². The number of hydrogen-bond donors (Lipinski definition) is 1. The van der Waals surface area contributed by atoms with Crippen LogP contribution in [0.5, 0.6) is 0 Å². The molecule has 0 radical (unpaired) electrons. The third kappa shape index (κ3) is 2.67. The monoisotopic (exact) mass is 260 g/mol. The van der Waals surface area contributed by atoms with Gasteiger partial charge in [-0.25, -0.2) is 8.42 Å². The first-order valence-corrected chi connectivity index (χ1v) is 7.09. The highest BCUT2D eigenvalue weighted by molar-refractivity contribution is 7.89. The Balaban J connectivity index is 2.08. The van der Waals surface area contributed by atoms with Crippen LogP contribution >= 0.6 is 0 Å². The summed E-state index contributed by atoms with van der Waals surface area (Å²) < 4.78 is 28.7. The molecule has 96 valence electrons. The standard InChI is InChI=1S/C10H16N2O4S/c1-7-10(8(2)15-11-7)17(13,14)12-16-9-5-3-4-6-9/h9,12H,3-6H2,1-2H3. The fourth-order valence-corrected chi connectivity index (χ4v) is 3.23. The van der Waals surface area contributed by atoms with E-state index in [0.29, 0.717) is 5.69 Å². The van der Waals surface area contributed by atoms with Crippen LogP contribution in [0.4, 0.5) is 0 Å². The molecule has 1 aromatic heterocycles. The molecule has 0 amide bonds. The zero-order valence-corrected chi connectivity index (χ0v) is 10.7. The van der Waals surface area contributed by atoms with Crippen molar-refractivity contribution < 1.29 is 17.8 Å². The van der Waals surface area contributed by atoms with Gasteiger partial charge in [0.2, 0.25) is 0 Å². The maximum atomic E-state index is 12.0. The van der Waals surface area contributed by atoms with Crippen LogP contribution in [-0.4, -0.2) is 19.7 Å². The molecule has 0 aromatic carbocycles. The molecule has 6 nitrogen and oxygen atoms in total. The Bertz CT molecular complexity index is 469. The summed E-state index contributed by atoms with van der Waals surface area (Å²) in [5.41, 5.74) is 0.338. The second-order valence-corrected chi connectivity index (χ2v) is 5.85. The first kappa shape index (κ1) is 12.5. The van der Waals surface area contributed by atoms with E-state index in [0.717, 1.165) is 25.7 Å². The van der Waals surface area contributed by atoms with Crippen molar-refractivity contribution in [3.05, 3.63) is 11.5 Å². The number of hydrogen-bond acceptors (Lipinski definition) is 5. The number of nitrogens with zero attached hydrogens (tertiary/aromatic N) is 1. The van der Waals surface area contributed by atoms with Gasteiger partial charge in [-0.05, 0) is 26.7 Å². The minimum atomic E-state index is -3.69. The summed E-state index contributed by atoms with van der Waals surface area (Å²) in [4.78, 5) is 7.42. The molecule has 0 spiro atoms. The molecule has 7 heteroatoms. The van der Waals surface area contributed by atoms with Crippen LogP contribution in [0.25, 0.3) is 0 Å². The van der Waals surface area contributed by atoms with E-state index in [9.17, 15) is 8.42 Å². The van der Waals surface area contributed by atoms with Gasteiger partial charge < -0.3 is 4.52 Å². The van der Waals surface area contributed by atoms with Crippen molar-refractivity contribution in [1.29, 1.82) is 0 Å². The predicted octanol–water partition coefficient (Wildman–Crippen LogP) is 1.44. The van der Waals surface area contributed by atoms with Crippen LogP contribution < -0.4 is 4.89 Å². The van der Waals surface area contributed by atoms with Crippen LogP contribution in [-0.2, 0) is 14.9 Å². The quantitative estimate of drug-likeness (QED) is 0.828. The average molecular weight is 260 g/mol. The van der Waals surface area contributed by atoms with Gasteiger partial charge in [0.1, 0.15) is 10.6 Å². The van der Waals surface area contributed by atoms with Gasteiger partial charge >= 0.3 is 0 Å². The van der Waals surface area contributed by atoms with Gasteiger partial charge in [0.15, 0.2) is 5.76 Å². The molecular weight excluding hydrogens is 244 g/mol. The van der Waals surface area contributed by atoms with E-state index in [2.05, 4.69) is 10.0 Å². The van der Waals surface area contributed by atoms with E-state index in [4.69, 9.17) is 9.36 Å². The Morgan fingerprint density at radius 2 is 2.00 bits per heavy atom. The fourth-order valence-electron chi connectivity index (χ4n) is 2.04. The van der Waals surface area contributed by atoms with Crippen molar-refractivity contribution in [2.75, 3.05) is 0 Å². The zero-order valence-electron chi connectivity index (χ0n) is 9.89. The number of aromatic nitrogens is 1. The van der Waals surface area contributed by atoms with Crippen LogP contribution in [0.15, 0.2) is 9.42 Å². The van der Waals surface area contributed by atoms with Crippen LogP contribution in [0.1, 0.15) is 37.1 Å². The summed E-state index contributed by atoms with van der Waals surface area (Å²) in [5, 5.41) is 3.61. The molecule has 1 aliphatic rings. The molecule has 1 fully saturated rings. The predicted molar refractivity (Wildman–Crippen MR) is 59.6 cm³/mol. The van der Waals surface area contributed by atoms with E-state index in [1.54, 1.807) is 13.8 Å². The van der Waals surface area contributed by atoms with Crippen LogP contribution in [0, 0.1) is 13.8 Å². The molecule has 0 aliphatic heterocycles. The topological polar surface area (TPSA) is 81.4 Å². The number of aryl methyl sites for hydroxylation is 2. The van der Waals surface area contributed by atoms with E-state index < -0.39 is 10.0 Å². The molecule has 1 saturated carbocycles. The SMILES string of the molecule is Cc1noc(C)c1S(=O)(=O)NOC1CCCC1. The van der Waals surface area contributed by atoms with Gasteiger partial charge in [-0.2, -0.15) is 0 Å². The van der Waals surface area contributed by atoms with E-state index in [1.165, 1.54) is 0 Å². The molecule has 1 aromatic rings. The summed E-state index contributed by atoms with van der Waals surface area (Å²) >= 11 is 0. The molecule has 0 saturated heterocycles. The van der Waals surface area contributed by atoms with Gasteiger partial charge in [0, 0.05) is 0 Å². The minimum Gasteiger partial charge on any atom is -0.360 e. The molecule has 1 N–H and O–H groups in total. The summed E-state index contributed by atoms with van der Waals surface area (Å²) in [6.07, 6.45) is 3.93. The van der Waals surface area contributed by atoms with E-state index in [-0.39, 0.29) is 16.8 Å². The lowest BCUT2D eigenvalue weighted by Crippen LogP contribution is -2.29. The molecule has 0 atom stereocenters. The van der Waals surface area contributed by atoms with Crippen molar-refractivity contribution in [2.45, 2.75) is 50.5 Å². The Kier molecular flexibility index (Phi) is 3.50. The number of sulfonamides is 1. The third-order valence-electron chi connectivity index (χ3n) is 2.86. The molecule has 2 rings (SSSR count). The summed E-state index contributed by atoms with van der Waals surface area (Å²) in [5.74, 6) is 0.269. The summed E-state index contributed by atoms with van der Waals surface area (Å²) in [6, 6.07) is 0. The van der Waals surface area contributed by atoms with Gasteiger partial charge in [-0.1, -0.05) is 22.9 Å². The van der Waals surface area contributed by atoms with Crippen molar-refractivity contribution >= 4 is 10.0 Å². The van der Waals surface area contributed by atoms with E-state index >= 15 is 0 Å². The highest BCUT2D eigenvalue weighted by atomic mass is 32.2. The highest BCUT2D eigenvalue weighted by Crippen LogP contribution is 2.22. The first-order chi connectivity index (χ1) is 8.00. The molecule has 0 bridgehead atoms. The lowest BCUT2D eigenvalue weighted by Gasteiger charge is -2.11. The molecule has 1 aliphatic carbocycles. The Labute approximate surface area is 100 Å². The molecule has 17 heavy (non-hydrogen) atoms. The Hall–Kier alpha value is -0.920. The van der Waals surface area contributed by atoms with Crippen molar-refractivity contribution in [1.82, 2.24) is 10.0 Å². The summed E-state index contributed by atoms with van der Waals surface area (Å²) in [6.45, 7) is 3.14. The lowest BCUT2D eigenvalue weighted by atomic mass is 10.3. The maximum Gasteiger partial charge on any atom is 0.267 e. The first-order valence-electron chi connectivity index (χ1n) is 5.61.